The predicted molar refractivity (Wildman–Crippen MR) is 57.7 cm³/mol. The summed E-state index contributed by atoms with van der Waals surface area (Å²) in [4.78, 5) is 29.1. The van der Waals surface area contributed by atoms with Crippen LogP contribution in [-0.2, 0) is 4.79 Å². The number of nitrogens with zero attached hydrogens (tertiary/aromatic N) is 1. The van der Waals surface area contributed by atoms with Crippen LogP contribution in [0, 0.1) is 0 Å². The molecule has 5 nitrogen and oxygen atoms in total. The van der Waals surface area contributed by atoms with Crippen LogP contribution in [0.15, 0.2) is 18.6 Å². The maximum Gasteiger partial charge on any atom is 0.219 e. The van der Waals surface area contributed by atoms with Gasteiger partial charge in [0.1, 0.15) is 11.4 Å². The molecule has 2 radical (unpaired) electrons. The molecule has 1 N–H and O–H groups in total. The van der Waals surface area contributed by atoms with Gasteiger partial charge >= 0.3 is 0 Å². The summed E-state index contributed by atoms with van der Waals surface area (Å²) in [6.45, 7) is 0. The van der Waals surface area contributed by atoms with Crippen LogP contribution in [0.1, 0.15) is 10.4 Å². The van der Waals surface area contributed by atoms with Crippen molar-refractivity contribution in [1.82, 2.24) is 9.97 Å². The minimum Gasteiger partial charge on any atom is -0.494 e. The van der Waals surface area contributed by atoms with Gasteiger partial charge in [-0.3, -0.25) is 9.78 Å². The fourth-order valence-corrected chi connectivity index (χ4v) is 1.52. The third kappa shape index (κ3) is 1.48. The predicted octanol–water partition coefficient (Wildman–Crippen LogP) is 0.449. The Hall–Kier alpha value is -2.11. The Morgan fingerprint density at radius 1 is 1.44 bits per heavy atom. The van der Waals surface area contributed by atoms with Gasteiger partial charge in [0, 0.05) is 6.20 Å². The number of hydrogen-bond donors (Lipinski definition) is 1. The van der Waals surface area contributed by atoms with Crippen LogP contribution in [0.25, 0.3) is 10.9 Å². The summed E-state index contributed by atoms with van der Waals surface area (Å²) in [6, 6.07) is 0. The summed E-state index contributed by atoms with van der Waals surface area (Å²) in [5, 5.41) is 0.515. The number of rotatable bonds is 3. The number of ether oxygens (including phenoxy) is 1. The van der Waals surface area contributed by atoms with Gasteiger partial charge in [-0.15, -0.1) is 0 Å². The first-order valence-corrected chi connectivity index (χ1v) is 4.48. The quantitative estimate of drug-likeness (QED) is 0.457. The van der Waals surface area contributed by atoms with Gasteiger partial charge in [0.2, 0.25) is 5.78 Å². The molecule has 0 unspecified atom stereocenters. The van der Waals surface area contributed by atoms with Crippen molar-refractivity contribution in [2.24, 2.45) is 0 Å². The first kappa shape index (κ1) is 10.4. The Labute approximate surface area is 92.2 Å². The Bertz CT molecular complexity index is 576. The number of carbonyl (C=O) groups excluding carboxylic acids is 2. The van der Waals surface area contributed by atoms with E-state index in [1.807, 2.05) is 0 Å². The maximum atomic E-state index is 11.5. The van der Waals surface area contributed by atoms with Crippen LogP contribution in [0.5, 0.6) is 5.75 Å². The minimum atomic E-state index is -1.00. The van der Waals surface area contributed by atoms with Crippen LogP contribution >= 0.6 is 0 Å². The highest BCUT2D eigenvalue weighted by Gasteiger charge is 2.18. The molecule has 0 aliphatic heterocycles. The van der Waals surface area contributed by atoms with Crippen molar-refractivity contribution in [1.29, 1.82) is 0 Å². The first-order chi connectivity index (χ1) is 7.65. The molecule has 16 heavy (non-hydrogen) atoms. The van der Waals surface area contributed by atoms with E-state index in [2.05, 4.69) is 9.97 Å². The highest BCUT2D eigenvalue weighted by Crippen LogP contribution is 2.27. The molecular formula is C10H7BN2O3. The highest BCUT2D eigenvalue weighted by molar-refractivity contribution is 6.79. The average molecular weight is 214 g/mol. The van der Waals surface area contributed by atoms with Crippen molar-refractivity contribution in [3.05, 3.63) is 24.2 Å². The third-order valence-corrected chi connectivity index (χ3v) is 2.24. The molecule has 2 rings (SSSR count). The van der Waals surface area contributed by atoms with Crippen molar-refractivity contribution in [3.8, 4) is 5.75 Å². The summed E-state index contributed by atoms with van der Waals surface area (Å²) in [5.41, 5.74) is -0.189. The molecule has 0 atom stereocenters. The first-order valence-electron chi connectivity index (χ1n) is 4.48. The number of aromatic amines is 1. The molecular weight excluding hydrogens is 207 g/mol. The summed E-state index contributed by atoms with van der Waals surface area (Å²) < 4.78 is 5.07. The normalized spacial score (nSPS) is 10.3. The van der Waals surface area contributed by atoms with Gasteiger partial charge in [-0.1, -0.05) is 0 Å². The zero-order chi connectivity index (χ0) is 11.7. The van der Waals surface area contributed by atoms with Crippen LogP contribution in [0.4, 0.5) is 0 Å². The van der Waals surface area contributed by atoms with E-state index in [0.717, 1.165) is 0 Å². The van der Waals surface area contributed by atoms with Crippen LogP contribution in [0.2, 0.25) is 0 Å². The number of pyridine rings is 1. The fraction of sp³-hybridized carbons (Fsp3) is 0.100. The van der Waals surface area contributed by atoms with Gasteiger partial charge in [-0.05, 0) is 0 Å². The standard InChI is InChI=1S/C10H7BN2O3/c1-16-7-4-12-3-6-8(7)5(2-13-6)9(14)10(11)15/h2-4,13H,1H3. The molecule has 78 valence electrons. The van der Waals surface area contributed by atoms with E-state index >= 15 is 0 Å². The van der Waals surface area contributed by atoms with Crippen molar-refractivity contribution in [2.75, 3.05) is 7.11 Å². The van der Waals surface area contributed by atoms with Crippen molar-refractivity contribution in [3.63, 3.8) is 0 Å². The van der Waals surface area contributed by atoms with Crippen molar-refractivity contribution < 1.29 is 14.3 Å². The number of aromatic nitrogens is 2. The molecule has 0 amide bonds. The number of fused-ring (bicyclic) bond motifs is 1. The summed E-state index contributed by atoms with van der Waals surface area (Å²) in [6.07, 6.45) is 4.42. The smallest absolute Gasteiger partial charge is 0.219 e. The molecule has 6 heteroatoms. The van der Waals surface area contributed by atoms with E-state index < -0.39 is 11.5 Å². The number of nitrogens with one attached hydrogen (secondary N) is 1. The van der Waals surface area contributed by atoms with Gasteiger partial charge in [0.15, 0.2) is 7.85 Å². The number of carbonyl (C=O) groups is 2. The second-order valence-electron chi connectivity index (χ2n) is 3.16. The lowest BCUT2D eigenvalue weighted by Crippen LogP contribution is -2.13. The van der Waals surface area contributed by atoms with Crippen molar-refractivity contribution in [2.45, 2.75) is 0 Å². The molecule has 0 aliphatic rings. The number of methoxy groups -OCH3 is 1. The molecule has 0 bridgehead atoms. The van der Waals surface area contributed by atoms with Gasteiger partial charge in [0.05, 0.1) is 36.0 Å². The number of Topliss-reactive ketones (excluding diaryl/α,β-unsaturated/α-hetero) is 1. The van der Waals surface area contributed by atoms with E-state index in [0.29, 0.717) is 16.7 Å². The van der Waals surface area contributed by atoms with E-state index in [1.165, 1.54) is 25.7 Å². The molecule has 0 aromatic carbocycles. The van der Waals surface area contributed by atoms with E-state index in [9.17, 15) is 9.59 Å². The van der Waals surface area contributed by atoms with Gasteiger partial charge < -0.3 is 14.5 Å². The van der Waals surface area contributed by atoms with Crippen molar-refractivity contribution >= 4 is 30.2 Å². The molecule has 2 aromatic rings. The second-order valence-corrected chi connectivity index (χ2v) is 3.16. The van der Waals surface area contributed by atoms with Gasteiger partial charge in [0.25, 0.3) is 0 Å². The third-order valence-electron chi connectivity index (χ3n) is 2.24. The minimum absolute atomic E-state index is 0.196. The zero-order valence-corrected chi connectivity index (χ0v) is 8.48. The number of hydrogen-bond acceptors (Lipinski definition) is 4. The number of ketones is 1. The summed E-state index contributed by atoms with van der Waals surface area (Å²) in [7, 11) is 6.41. The van der Waals surface area contributed by atoms with Crippen LogP contribution < -0.4 is 4.74 Å². The highest BCUT2D eigenvalue weighted by atomic mass is 16.5. The maximum absolute atomic E-state index is 11.5. The summed E-state index contributed by atoms with van der Waals surface area (Å²) >= 11 is 0. The molecule has 0 saturated heterocycles. The van der Waals surface area contributed by atoms with E-state index in [1.54, 1.807) is 0 Å². The average Bonchev–Trinajstić information content (AvgIpc) is 2.71. The summed E-state index contributed by atoms with van der Waals surface area (Å²) in [5.74, 6) is -0.334. The van der Waals surface area contributed by atoms with Crippen LogP contribution in [-0.4, -0.2) is 36.4 Å². The monoisotopic (exact) mass is 214 g/mol. The zero-order valence-electron chi connectivity index (χ0n) is 8.48. The molecule has 0 spiro atoms. The Balaban J connectivity index is 2.72. The lowest BCUT2D eigenvalue weighted by molar-refractivity contribution is -0.108. The Kier molecular flexibility index (Phi) is 2.48. The van der Waals surface area contributed by atoms with E-state index in [4.69, 9.17) is 12.6 Å². The lowest BCUT2D eigenvalue weighted by Gasteiger charge is -2.02. The Morgan fingerprint density at radius 2 is 2.19 bits per heavy atom. The molecule has 2 aromatic heterocycles. The fourth-order valence-electron chi connectivity index (χ4n) is 1.52. The van der Waals surface area contributed by atoms with Crippen LogP contribution in [0.3, 0.4) is 0 Å². The molecule has 0 fully saturated rings. The lowest BCUT2D eigenvalue weighted by atomic mass is 9.94. The second kappa shape index (κ2) is 3.81. The topological polar surface area (TPSA) is 72.0 Å². The largest absolute Gasteiger partial charge is 0.494 e. The molecule has 0 saturated carbocycles. The molecule has 0 aliphatic carbocycles. The Morgan fingerprint density at radius 3 is 2.81 bits per heavy atom. The van der Waals surface area contributed by atoms with Gasteiger partial charge in [-0.25, -0.2) is 0 Å². The SMILES string of the molecule is [B]C(=O)C(=O)c1c[nH]c2cncc(OC)c12. The molecule has 2 heterocycles. The van der Waals surface area contributed by atoms with Gasteiger partial charge in [-0.2, -0.15) is 0 Å². The van der Waals surface area contributed by atoms with E-state index in [-0.39, 0.29) is 5.56 Å². The number of H-pyrrole nitrogens is 1.